The number of carbonyl (C=O) groups is 1. The number of aromatic nitrogens is 4. The zero-order chi connectivity index (χ0) is 14.7. The highest BCUT2D eigenvalue weighted by Gasteiger charge is 2.10. The number of nitrogens with one attached hydrogen (secondary N) is 1. The Hall–Kier alpha value is -2.79. The number of nitriles is 1. The van der Waals surface area contributed by atoms with Gasteiger partial charge in [0.25, 0.3) is 0 Å². The van der Waals surface area contributed by atoms with Gasteiger partial charge in [0.15, 0.2) is 11.5 Å². The summed E-state index contributed by atoms with van der Waals surface area (Å²) in [6.45, 7) is 0.183. The first-order valence-corrected chi connectivity index (χ1v) is 7.05. The van der Waals surface area contributed by atoms with E-state index in [9.17, 15) is 4.79 Å². The molecule has 0 aliphatic carbocycles. The van der Waals surface area contributed by atoms with Crippen LogP contribution in [0, 0.1) is 11.3 Å². The third-order valence-electron chi connectivity index (χ3n) is 2.78. The summed E-state index contributed by atoms with van der Waals surface area (Å²) in [4.78, 5) is 12.4. The molecule has 1 N–H and O–H groups in total. The summed E-state index contributed by atoms with van der Waals surface area (Å²) in [5.41, 5.74) is 1.43. The van der Waals surface area contributed by atoms with Gasteiger partial charge in [0.05, 0.1) is 17.5 Å². The predicted molar refractivity (Wildman–Crippen MR) is 76.2 cm³/mol. The van der Waals surface area contributed by atoms with E-state index in [-0.39, 0.29) is 18.9 Å². The molecule has 0 saturated carbocycles. The molecule has 8 heteroatoms. The van der Waals surface area contributed by atoms with Crippen molar-refractivity contribution in [2.24, 2.45) is 0 Å². The summed E-state index contributed by atoms with van der Waals surface area (Å²) >= 11 is 1.60. The van der Waals surface area contributed by atoms with Crippen LogP contribution in [0.4, 0.5) is 0 Å². The lowest BCUT2D eigenvalue weighted by Crippen LogP contribution is -2.23. The Morgan fingerprint density at radius 1 is 1.38 bits per heavy atom. The number of amides is 1. The van der Waals surface area contributed by atoms with Gasteiger partial charge >= 0.3 is 0 Å². The summed E-state index contributed by atoms with van der Waals surface area (Å²) in [6, 6.07) is 9.45. The molecule has 0 aromatic carbocycles. The lowest BCUT2D eigenvalue weighted by atomic mass is 10.3. The van der Waals surface area contributed by atoms with Crippen molar-refractivity contribution >= 4 is 22.9 Å². The summed E-state index contributed by atoms with van der Waals surface area (Å²) in [5.74, 6) is 0.179. The van der Waals surface area contributed by atoms with Crippen molar-refractivity contribution in [3.8, 4) is 16.6 Å². The van der Waals surface area contributed by atoms with Gasteiger partial charge in [0.1, 0.15) is 12.1 Å². The van der Waals surface area contributed by atoms with Crippen LogP contribution >= 0.6 is 11.3 Å². The molecule has 0 aliphatic rings. The van der Waals surface area contributed by atoms with Gasteiger partial charge in [-0.2, -0.15) is 14.9 Å². The van der Waals surface area contributed by atoms with Crippen molar-refractivity contribution in [1.29, 1.82) is 5.26 Å². The average molecular weight is 298 g/mol. The fourth-order valence-electron chi connectivity index (χ4n) is 1.81. The van der Waals surface area contributed by atoms with Gasteiger partial charge in [-0.25, -0.2) is 0 Å². The van der Waals surface area contributed by atoms with E-state index in [2.05, 4.69) is 20.6 Å². The van der Waals surface area contributed by atoms with Crippen molar-refractivity contribution in [2.75, 3.05) is 0 Å². The lowest BCUT2D eigenvalue weighted by Gasteiger charge is -2.02. The van der Waals surface area contributed by atoms with E-state index in [4.69, 9.17) is 5.26 Å². The van der Waals surface area contributed by atoms with E-state index in [0.29, 0.717) is 11.5 Å². The Balaban J connectivity index is 1.88. The number of thiophene rings is 1. The molecule has 0 saturated heterocycles. The SMILES string of the molecule is N#CCC(=O)NCc1nnc2ccc(-c3cccs3)nn12. The van der Waals surface area contributed by atoms with Crippen molar-refractivity contribution in [3.05, 3.63) is 35.5 Å². The number of hydrogen-bond donors (Lipinski definition) is 1. The van der Waals surface area contributed by atoms with Crippen LogP contribution in [0.2, 0.25) is 0 Å². The Morgan fingerprint density at radius 3 is 3.05 bits per heavy atom. The molecule has 0 bridgehead atoms. The van der Waals surface area contributed by atoms with Crippen molar-refractivity contribution in [3.63, 3.8) is 0 Å². The van der Waals surface area contributed by atoms with Gasteiger partial charge in [-0.3, -0.25) is 4.79 Å². The largest absolute Gasteiger partial charge is 0.348 e. The molecule has 3 rings (SSSR count). The van der Waals surface area contributed by atoms with E-state index in [1.54, 1.807) is 21.9 Å². The maximum atomic E-state index is 11.3. The molecule has 104 valence electrons. The first-order valence-electron chi connectivity index (χ1n) is 6.17. The van der Waals surface area contributed by atoms with E-state index in [1.807, 2.05) is 29.6 Å². The minimum absolute atomic E-state index is 0.176. The van der Waals surface area contributed by atoms with Crippen LogP contribution < -0.4 is 5.32 Å². The van der Waals surface area contributed by atoms with Crippen molar-refractivity contribution < 1.29 is 4.79 Å². The van der Waals surface area contributed by atoms with Crippen LogP contribution in [0.25, 0.3) is 16.2 Å². The number of hydrogen-bond acceptors (Lipinski definition) is 6. The van der Waals surface area contributed by atoms with E-state index in [0.717, 1.165) is 10.6 Å². The lowest BCUT2D eigenvalue weighted by molar-refractivity contribution is -0.120. The molecular weight excluding hydrogens is 288 g/mol. The summed E-state index contributed by atoms with van der Waals surface area (Å²) < 4.78 is 1.60. The molecule has 0 atom stereocenters. The third kappa shape index (κ3) is 2.73. The quantitative estimate of drug-likeness (QED) is 0.785. The standard InChI is InChI=1S/C13H10N6OS/c14-6-5-13(20)15-8-12-17-16-11-4-3-9(18-19(11)12)10-2-1-7-21-10/h1-4,7H,5,8H2,(H,15,20). The number of rotatable bonds is 4. The average Bonchev–Trinajstić information content (AvgIpc) is 3.14. The predicted octanol–water partition coefficient (Wildman–Crippen LogP) is 1.38. The fourth-order valence-corrected chi connectivity index (χ4v) is 2.50. The van der Waals surface area contributed by atoms with Crippen LogP contribution in [0.15, 0.2) is 29.6 Å². The third-order valence-corrected chi connectivity index (χ3v) is 3.68. The highest BCUT2D eigenvalue weighted by atomic mass is 32.1. The van der Waals surface area contributed by atoms with Gasteiger partial charge in [-0.15, -0.1) is 21.5 Å². The smallest absolute Gasteiger partial charge is 0.234 e. The fraction of sp³-hybridized carbons (Fsp3) is 0.154. The van der Waals surface area contributed by atoms with E-state index in [1.165, 1.54) is 0 Å². The molecule has 0 spiro atoms. The van der Waals surface area contributed by atoms with E-state index >= 15 is 0 Å². The normalized spacial score (nSPS) is 10.4. The summed E-state index contributed by atoms with van der Waals surface area (Å²) in [5, 5.41) is 25.5. The molecule has 1 amide bonds. The summed E-state index contributed by atoms with van der Waals surface area (Å²) in [6.07, 6.45) is -0.176. The zero-order valence-corrected chi connectivity index (χ0v) is 11.7. The van der Waals surface area contributed by atoms with Crippen LogP contribution in [-0.2, 0) is 11.3 Å². The maximum Gasteiger partial charge on any atom is 0.234 e. The highest BCUT2D eigenvalue weighted by Crippen LogP contribution is 2.22. The minimum atomic E-state index is -0.344. The molecule has 3 aromatic heterocycles. The van der Waals surface area contributed by atoms with Gasteiger partial charge in [0, 0.05) is 0 Å². The van der Waals surface area contributed by atoms with Crippen LogP contribution in [-0.4, -0.2) is 25.7 Å². The maximum absolute atomic E-state index is 11.3. The van der Waals surface area contributed by atoms with Gasteiger partial charge in [-0.05, 0) is 23.6 Å². The Kier molecular flexibility index (Phi) is 3.57. The Bertz CT molecular complexity index is 817. The number of carbonyl (C=O) groups excluding carboxylic acids is 1. The molecule has 0 aliphatic heterocycles. The molecule has 0 radical (unpaired) electrons. The molecular formula is C13H10N6OS. The van der Waals surface area contributed by atoms with Crippen LogP contribution in [0.5, 0.6) is 0 Å². The summed E-state index contributed by atoms with van der Waals surface area (Å²) in [7, 11) is 0. The molecule has 0 unspecified atom stereocenters. The first-order chi connectivity index (χ1) is 10.3. The highest BCUT2D eigenvalue weighted by molar-refractivity contribution is 7.13. The second-order valence-electron chi connectivity index (χ2n) is 4.19. The van der Waals surface area contributed by atoms with E-state index < -0.39 is 0 Å². The van der Waals surface area contributed by atoms with Crippen molar-refractivity contribution in [2.45, 2.75) is 13.0 Å². The molecule has 3 heterocycles. The second-order valence-corrected chi connectivity index (χ2v) is 5.14. The first kappa shape index (κ1) is 13.2. The minimum Gasteiger partial charge on any atom is -0.348 e. The second kappa shape index (κ2) is 5.68. The topological polar surface area (TPSA) is 96.0 Å². The Morgan fingerprint density at radius 2 is 2.29 bits per heavy atom. The monoisotopic (exact) mass is 298 g/mol. The zero-order valence-electron chi connectivity index (χ0n) is 10.9. The molecule has 7 nitrogen and oxygen atoms in total. The van der Waals surface area contributed by atoms with Gasteiger partial charge in [-0.1, -0.05) is 6.07 Å². The van der Waals surface area contributed by atoms with Crippen molar-refractivity contribution in [1.82, 2.24) is 25.1 Å². The van der Waals surface area contributed by atoms with Gasteiger partial charge in [0.2, 0.25) is 5.91 Å². The van der Waals surface area contributed by atoms with Crippen LogP contribution in [0.3, 0.4) is 0 Å². The molecule has 0 fully saturated rings. The van der Waals surface area contributed by atoms with Crippen LogP contribution in [0.1, 0.15) is 12.2 Å². The number of nitrogens with zero attached hydrogens (tertiary/aromatic N) is 5. The molecule has 3 aromatic rings. The van der Waals surface area contributed by atoms with Gasteiger partial charge < -0.3 is 5.32 Å². The molecule has 21 heavy (non-hydrogen) atoms. The number of fused-ring (bicyclic) bond motifs is 1. The Labute approximate surface area is 123 Å².